The van der Waals surface area contributed by atoms with E-state index in [2.05, 4.69) is 6.58 Å². The Hall–Kier alpha value is -0.693. The molecule has 0 rings (SSSR count). The van der Waals surface area contributed by atoms with E-state index in [0.29, 0.717) is 12.0 Å². The van der Waals surface area contributed by atoms with Gasteiger partial charge in [-0.1, -0.05) is 13.5 Å². The van der Waals surface area contributed by atoms with Crippen molar-refractivity contribution in [2.45, 2.75) is 38.9 Å². The minimum absolute atomic E-state index is 0.0603. The fourth-order valence-corrected chi connectivity index (χ4v) is 1.59. The van der Waals surface area contributed by atoms with Gasteiger partial charge in [-0.25, -0.2) is 4.79 Å². The van der Waals surface area contributed by atoms with E-state index in [0.717, 1.165) is 0 Å². The van der Waals surface area contributed by atoms with Gasteiger partial charge in [0.2, 0.25) is 0 Å². The lowest BCUT2D eigenvalue weighted by Gasteiger charge is -2.27. The van der Waals surface area contributed by atoms with E-state index < -0.39 is 11.9 Å². The van der Waals surface area contributed by atoms with Crippen molar-refractivity contribution in [2.24, 2.45) is 0 Å². The highest BCUT2D eigenvalue weighted by Crippen LogP contribution is 2.12. The summed E-state index contributed by atoms with van der Waals surface area (Å²) in [4.78, 5) is 11.3. The van der Waals surface area contributed by atoms with Crippen molar-refractivity contribution in [2.75, 3.05) is 14.2 Å². The Morgan fingerprint density at radius 1 is 1.41 bits per heavy atom. The summed E-state index contributed by atoms with van der Waals surface area (Å²) in [6.45, 7) is 8.68. The largest absolute Gasteiger partial charge is 0.460 e. The van der Waals surface area contributed by atoms with Crippen LogP contribution in [0.3, 0.4) is 0 Å². The van der Waals surface area contributed by atoms with Crippen molar-refractivity contribution >= 4 is 15.7 Å². The molecule has 0 heterocycles. The monoisotopic (exact) mass is 260 g/mol. The topological polar surface area (TPSA) is 54.0 Å². The molecule has 0 aromatic carbocycles. The van der Waals surface area contributed by atoms with Crippen LogP contribution in [0.5, 0.6) is 0 Å². The van der Waals surface area contributed by atoms with Crippen LogP contribution in [-0.4, -0.2) is 41.7 Å². The molecule has 0 aromatic heterocycles. The fourth-order valence-electron chi connectivity index (χ4n) is 0.760. The van der Waals surface area contributed by atoms with Gasteiger partial charge in [-0.05, 0) is 13.3 Å². The molecule has 0 aliphatic heterocycles. The molecule has 0 aliphatic carbocycles. The third kappa shape index (κ3) is 5.97. The second-order valence-electron chi connectivity index (χ2n) is 3.57. The Labute approximate surface area is 105 Å². The highest BCUT2D eigenvalue weighted by atomic mass is 28.2. The number of carbonyl (C=O) groups excluding carboxylic acids is 1. The summed E-state index contributed by atoms with van der Waals surface area (Å²) in [7, 11) is 2.90. The zero-order valence-electron chi connectivity index (χ0n) is 11.0. The molecule has 5 nitrogen and oxygen atoms in total. The highest BCUT2D eigenvalue weighted by Gasteiger charge is 2.27. The second-order valence-corrected chi connectivity index (χ2v) is 4.66. The lowest BCUT2D eigenvalue weighted by Crippen LogP contribution is -2.39. The molecule has 2 radical (unpaired) electrons. The molecule has 0 amide bonds. The Bertz CT molecular complexity index is 263. The molecule has 0 saturated heterocycles. The molecule has 0 spiro atoms. The third-order valence-corrected chi connectivity index (χ3v) is 3.36. The van der Waals surface area contributed by atoms with Gasteiger partial charge in [0.15, 0.2) is 0 Å². The maximum absolute atomic E-state index is 11.3. The van der Waals surface area contributed by atoms with E-state index in [9.17, 15) is 4.79 Å². The Morgan fingerprint density at radius 2 is 1.94 bits per heavy atom. The van der Waals surface area contributed by atoms with Crippen LogP contribution in [-0.2, 0) is 23.4 Å². The normalized spacial score (nSPS) is 13.2. The summed E-state index contributed by atoms with van der Waals surface area (Å²) in [5.41, 5.74) is 0.0540. The standard InChI is InChI=1S/C11H20O5Si/c1-7-9(15-10(12)8(2)3)17-16-11(4,13-5)14-6/h9H,2,7H2,1,3-6H3. The van der Waals surface area contributed by atoms with E-state index in [4.69, 9.17) is 18.6 Å². The van der Waals surface area contributed by atoms with Gasteiger partial charge in [-0.2, -0.15) is 0 Å². The summed E-state index contributed by atoms with van der Waals surface area (Å²) < 4.78 is 20.7. The van der Waals surface area contributed by atoms with Gasteiger partial charge in [-0.3, -0.25) is 0 Å². The maximum atomic E-state index is 11.3. The SMILES string of the molecule is C=C(C)C(=O)OC(CC)[Si]OC(C)(OC)OC. The summed E-state index contributed by atoms with van der Waals surface area (Å²) in [5.74, 6) is -1.52. The van der Waals surface area contributed by atoms with Crippen LogP contribution in [0.2, 0.25) is 0 Å². The first-order valence-electron chi connectivity index (χ1n) is 5.28. The van der Waals surface area contributed by atoms with Crippen molar-refractivity contribution in [3.8, 4) is 0 Å². The zero-order valence-corrected chi connectivity index (χ0v) is 12.0. The van der Waals surface area contributed by atoms with Crippen LogP contribution in [0, 0.1) is 0 Å². The average molecular weight is 260 g/mol. The maximum Gasteiger partial charge on any atom is 0.333 e. The Balaban J connectivity index is 4.23. The number of hydrogen-bond donors (Lipinski definition) is 0. The summed E-state index contributed by atoms with van der Waals surface area (Å²) >= 11 is 0. The zero-order chi connectivity index (χ0) is 13.5. The fraction of sp³-hybridized carbons (Fsp3) is 0.727. The number of esters is 1. The van der Waals surface area contributed by atoms with Crippen molar-refractivity contribution in [3.05, 3.63) is 12.2 Å². The molecular weight excluding hydrogens is 240 g/mol. The Kier molecular flexibility index (Phi) is 7.29. The molecule has 0 saturated carbocycles. The molecule has 6 heteroatoms. The van der Waals surface area contributed by atoms with E-state index >= 15 is 0 Å². The first-order valence-corrected chi connectivity index (χ1v) is 6.27. The predicted octanol–water partition coefficient (Wildman–Crippen LogP) is 1.44. The van der Waals surface area contributed by atoms with E-state index in [1.807, 2.05) is 6.92 Å². The molecule has 0 N–H and O–H groups in total. The number of carbonyl (C=O) groups is 1. The summed E-state index contributed by atoms with van der Waals surface area (Å²) in [5, 5.41) is 0. The van der Waals surface area contributed by atoms with Gasteiger partial charge in [0.05, 0.1) is 0 Å². The van der Waals surface area contributed by atoms with Crippen molar-refractivity contribution in [1.82, 2.24) is 0 Å². The molecule has 0 aliphatic rings. The minimum atomic E-state index is -1.11. The third-order valence-electron chi connectivity index (χ3n) is 2.09. The second kappa shape index (κ2) is 7.60. The van der Waals surface area contributed by atoms with Crippen molar-refractivity contribution in [3.63, 3.8) is 0 Å². The van der Waals surface area contributed by atoms with E-state index in [1.54, 1.807) is 13.8 Å². The number of hydrogen-bond acceptors (Lipinski definition) is 5. The van der Waals surface area contributed by atoms with Gasteiger partial charge >= 0.3 is 5.97 Å². The van der Waals surface area contributed by atoms with Gasteiger partial charge in [0, 0.05) is 26.7 Å². The van der Waals surface area contributed by atoms with Crippen molar-refractivity contribution < 1.29 is 23.4 Å². The minimum Gasteiger partial charge on any atom is -0.460 e. The van der Waals surface area contributed by atoms with E-state index in [-0.39, 0.29) is 15.5 Å². The van der Waals surface area contributed by atoms with E-state index in [1.165, 1.54) is 14.2 Å². The Morgan fingerprint density at radius 3 is 2.29 bits per heavy atom. The van der Waals surface area contributed by atoms with Crippen LogP contribution in [0.4, 0.5) is 0 Å². The quantitative estimate of drug-likeness (QED) is 0.286. The lowest BCUT2D eigenvalue weighted by atomic mass is 10.4. The van der Waals surface area contributed by atoms with Crippen molar-refractivity contribution in [1.29, 1.82) is 0 Å². The average Bonchev–Trinajstić information content (AvgIpc) is 2.33. The number of rotatable bonds is 8. The van der Waals surface area contributed by atoms with Crippen LogP contribution in [0.15, 0.2) is 12.2 Å². The van der Waals surface area contributed by atoms with Gasteiger partial charge in [-0.15, -0.1) is 0 Å². The van der Waals surface area contributed by atoms with Gasteiger partial charge < -0.3 is 18.6 Å². The lowest BCUT2D eigenvalue weighted by molar-refractivity contribution is -0.311. The smallest absolute Gasteiger partial charge is 0.333 e. The summed E-state index contributed by atoms with van der Waals surface area (Å²) in [6.07, 6.45) is 0.654. The van der Waals surface area contributed by atoms with Gasteiger partial charge in [0.25, 0.3) is 15.7 Å². The molecule has 1 atom stereocenters. The molecule has 0 bridgehead atoms. The first kappa shape index (κ1) is 16.3. The van der Waals surface area contributed by atoms with Crippen LogP contribution in [0.1, 0.15) is 27.2 Å². The van der Waals surface area contributed by atoms with Crippen LogP contribution >= 0.6 is 0 Å². The highest BCUT2D eigenvalue weighted by molar-refractivity contribution is 6.29. The van der Waals surface area contributed by atoms with Crippen LogP contribution in [0.25, 0.3) is 0 Å². The van der Waals surface area contributed by atoms with Gasteiger partial charge in [0.1, 0.15) is 5.73 Å². The number of ether oxygens (including phenoxy) is 3. The molecule has 98 valence electrons. The molecule has 0 aromatic rings. The molecule has 17 heavy (non-hydrogen) atoms. The first-order chi connectivity index (χ1) is 7.88. The molecule has 0 fully saturated rings. The molecular formula is C11H20O5Si. The summed E-state index contributed by atoms with van der Waals surface area (Å²) in [6, 6.07) is 0. The van der Waals surface area contributed by atoms with Crippen LogP contribution < -0.4 is 0 Å². The predicted molar refractivity (Wildman–Crippen MR) is 64.2 cm³/mol. The number of methoxy groups -OCH3 is 2. The molecule has 1 unspecified atom stereocenters.